The van der Waals surface area contributed by atoms with Crippen molar-refractivity contribution in [3.8, 4) is 16.9 Å². The highest BCUT2D eigenvalue weighted by atomic mass is 19.4. The first-order valence-electron chi connectivity index (χ1n) is 9.06. The summed E-state index contributed by atoms with van der Waals surface area (Å²) in [6, 6.07) is 9.93. The molecular formula is C20H21F3N2O3. The molecule has 1 fully saturated rings. The number of nitrogens with one attached hydrogen (secondary N) is 1. The van der Waals surface area contributed by atoms with Crippen LogP contribution in [0.4, 0.5) is 13.2 Å². The summed E-state index contributed by atoms with van der Waals surface area (Å²) in [5.74, 6) is -1.46. The van der Waals surface area contributed by atoms with Gasteiger partial charge in [-0.25, -0.2) is 4.79 Å². The Morgan fingerprint density at radius 2 is 2.04 bits per heavy atom. The summed E-state index contributed by atoms with van der Waals surface area (Å²) in [5.41, 5.74) is 2.76. The Bertz CT molecular complexity index is 807. The molecule has 0 spiro atoms. The predicted molar refractivity (Wildman–Crippen MR) is 96.9 cm³/mol. The molecule has 1 aromatic heterocycles. The van der Waals surface area contributed by atoms with Gasteiger partial charge in [-0.3, -0.25) is 4.98 Å². The maximum Gasteiger partial charge on any atom is 0.490 e. The van der Waals surface area contributed by atoms with Gasteiger partial charge in [0.1, 0.15) is 12.4 Å². The van der Waals surface area contributed by atoms with Crippen LogP contribution >= 0.6 is 0 Å². The van der Waals surface area contributed by atoms with Gasteiger partial charge in [-0.05, 0) is 43.0 Å². The van der Waals surface area contributed by atoms with Gasteiger partial charge in [0.05, 0.1) is 12.8 Å². The molecule has 8 heteroatoms. The first-order valence-corrected chi connectivity index (χ1v) is 9.06. The number of halogens is 3. The van der Waals surface area contributed by atoms with Crippen LogP contribution in [-0.4, -0.2) is 42.9 Å². The van der Waals surface area contributed by atoms with E-state index in [9.17, 15) is 18.0 Å². The maximum absolute atomic E-state index is 12.1. The number of esters is 1. The van der Waals surface area contributed by atoms with E-state index in [1.165, 1.54) is 0 Å². The predicted octanol–water partition coefficient (Wildman–Crippen LogP) is 3.53. The number of aromatic nitrogens is 1. The van der Waals surface area contributed by atoms with E-state index in [1.54, 1.807) is 12.4 Å². The summed E-state index contributed by atoms with van der Waals surface area (Å²) < 4.78 is 46.3. The number of benzene rings is 1. The summed E-state index contributed by atoms with van der Waals surface area (Å²) in [6.45, 7) is 1.35. The zero-order chi connectivity index (χ0) is 20.0. The number of hydrogen-bond donors (Lipinski definition) is 1. The number of aryl methyl sites for hydroxylation is 1. The molecule has 1 unspecified atom stereocenters. The summed E-state index contributed by atoms with van der Waals surface area (Å²) in [6.07, 6.45) is 0.360. The molecule has 2 heterocycles. The van der Waals surface area contributed by atoms with Gasteiger partial charge < -0.3 is 14.8 Å². The van der Waals surface area contributed by atoms with Crippen molar-refractivity contribution in [2.24, 2.45) is 0 Å². The normalized spacial score (nSPS) is 16.3. The lowest BCUT2D eigenvalue weighted by Gasteiger charge is -2.27. The molecular weight excluding hydrogens is 373 g/mol. The molecule has 28 heavy (non-hydrogen) atoms. The van der Waals surface area contributed by atoms with Crippen LogP contribution in [0.1, 0.15) is 18.4 Å². The summed E-state index contributed by atoms with van der Waals surface area (Å²) in [4.78, 5) is 14.9. The van der Waals surface area contributed by atoms with Crippen LogP contribution in [0.3, 0.4) is 0 Å². The number of carbonyl (C=O) groups is 1. The van der Waals surface area contributed by atoms with Crippen LogP contribution in [0.15, 0.2) is 42.7 Å². The number of pyridine rings is 1. The van der Waals surface area contributed by atoms with Crippen LogP contribution in [-0.2, 0) is 16.0 Å². The number of alkyl halides is 3. The maximum atomic E-state index is 12.1. The fourth-order valence-electron chi connectivity index (χ4n) is 2.77. The average molecular weight is 394 g/mol. The largest absolute Gasteiger partial charge is 0.490 e. The first kappa shape index (κ1) is 20.1. The van der Waals surface area contributed by atoms with Gasteiger partial charge >= 0.3 is 12.1 Å². The standard InChI is InChI=1S/C20H21F3N2O3/c21-20(22,23)19(26)27-8-2-4-14-3-1-5-15(9-14)16-10-18(12-24-11-16)28-13-17-6-7-25-17/h1,3,5,9-12,17,25H,2,4,6-8,13H2. The van der Waals surface area contributed by atoms with Crippen molar-refractivity contribution in [1.29, 1.82) is 0 Å². The second-order valence-electron chi connectivity index (χ2n) is 6.60. The lowest BCUT2D eigenvalue weighted by molar-refractivity contribution is -0.199. The second-order valence-corrected chi connectivity index (χ2v) is 6.60. The van der Waals surface area contributed by atoms with Gasteiger partial charge in [-0.15, -0.1) is 0 Å². The quantitative estimate of drug-likeness (QED) is 0.548. The zero-order valence-corrected chi connectivity index (χ0v) is 15.2. The van der Waals surface area contributed by atoms with Gasteiger partial charge in [0.25, 0.3) is 0 Å². The Labute approximate surface area is 160 Å². The topological polar surface area (TPSA) is 60.5 Å². The van der Waals surface area contributed by atoms with Crippen molar-refractivity contribution in [3.63, 3.8) is 0 Å². The minimum absolute atomic E-state index is 0.275. The SMILES string of the molecule is O=C(OCCCc1cccc(-c2cncc(OCC3CCN3)c2)c1)C(F)(F)F. The van der Waals surface area contributed by atoms with Gasteiger partial charge in [0.2, 0.25) is 0 Å². The molecule has 0 saturated carbocycles. The lowest BCUT2D eigenvalue weighted by Crippen LogP contribution is -2.46. The van der Waals surface area contributed by atoms with E-state index in [-0.39, 0.29) is 6.61 Å². The summed E-state index contributed by atoms with van der Waals surface area (Å²) in [7, 11) is 0. The van der Waals surface area contributed by atoms with Crippen molar-refractivity contribution >= 4 is 5.97 Å². The third-order valence-corrected chi connectivity index (χ3v) is 4.42. The molecule has 1 saturated heterocycles. The van der Waals surface area contributed by atoms with Crippen LogP contribution < -0.4 is 10.1 Å². The zero-order valence-electron chi connectivity index (χ0n) is 15.2. The van der Waals surface area contributed by atoms with Crippen molar-refractivity contribution in [1.82, 2.24) is 10.3 Å². The number of ether oxygens (including phenoxy) is 2. The average Bonchev–Trinajstić information content (AvgIpc) is 2.63. The molecule has 1 N–H and O–H groups in total. The van der Waals surface area contributed by atoms with E-state index < -0.39 is 12.1 Å². The molecule has 5 nitrogen and oxygen atoms in total. The Kier molecular flexibility index (Phi) is 6.51. The number of carbonyl (C=O) groups excluding carboxylic acids is 1. The van der Waals surface area contributed by atoms with Crippen molar-refractivity contribution in [3.05, 3.63) is 48.3 Å². The Hall–Kier alpha value is -2.61. The molecule has 1 aliphatic heterocycles. The first-order chi connectivity index (χ1) is 13.4. The fourth-order valence-corrected chi connectivity index (χ4v) is 2.77. The highest BCUT2D eigenvalue weighted by molar-refractivity contribution is 5.75. The molecule has 0 bridgehead atoms. The van der Waals surface area contributed by atoms with E-state index in [4.69, 9.17) is 4.74 Å². The number of hydrogen-bond acceptors (Lipinski definition) is 5. The minimum Gasteiger partial charge on any atom is -0.490 e. The van der Waals surface area contributed by atoms with E-state index in [0.29, 0.717) is 31.2 Å². The van der Waals surface area contributed by atoms with Crippen LogP contribution in [0.25, 0.3) is 11.1 Å². The van der Waals surface area contributed by atoms with Crippen LogP contribution in [0, 0.1) is 0 Å². The third kappa shape index (κ3) is 5.69. The molecule has 1 atom stereocenters. The third-order valence-electron chi connectivity index (χ3n) is 4.42. The highest BCUT2D eigenvalue weighted by Crippen LogP contribution is 2.24. The van der Waals surface area contributed by atoms with Gasteiger partial charge in [-0.1, -0.05) is 24.3 Å². The molecule has 0 amide bonds. The van der Waals surface area contributed by atoms with Gasteiger partial charge in [0, 0.05) is 17.8 Å². The van der Waals surface area contributed by atoms with E-state index in [2.05, 4.69) is 15.0 Å². The van der Waals surface area contributed by atoms with E-state index >= 15 is 0 Å². The smallest absolute Gasteiger partial charge is 0.490 e. The van der Waals surface area contributed by atoms with Crippen LogP contribution in [0.2, 0.25) is 0 Å². The molecule has 2 aromatic rings. The van der Waals surface area contributed by atoms with E-state index in [1.807, 2.05) is 30.3 Å². The highest BCUT2D eigenvalue weighted by Gasteiger charge is 2.40. The second kappa shape index (κ2) is 9.05. The lowest BCUT2D eigenvalue weighted by atomic mass is 10.0. The monoisotopic (exact) mass is 394 g/mol. The summed E-state index contributed by atoms with van der Waals surface area (Å²) in [5, 5.41) is 3.27. The van der Waals surface area contributed by atoms with Gasteiger partial charge in [-0.2, -0.15) is 13.2 Å². The number of rotatable bonds is 8. The Morgan fingerprint density at radius 1 is 1.21 bits per heavy atom. The Balaban J connectivity index is 1.54. The fraction of sp³-hybridized carbons (Fsp3) is 0.400. The van der Waals surface area contributed by atoms with Crippen molar-refractivity contribution in [2.45, 2.75) is 31.5 Å². The van der Waals surface area contributed by atoms with Gasteiger partial charge in [0.15, 0.2) is 0 Å². The molecule has 0 radical (unpaired) electrons. The Morgan fingerprint density at radius 3 is 2.75 bits per heavy atom. The van der Waals surface area contributed by atoms with Crippen molar-refractivity contribution < 1.29 is 27.4 Å². The molecule has 1 aliphatic rings. The minimum atomic E-state index is -4.95. The van der Waals surface area contributed by atoms with Crippen molar-refractivity contribution in [2.75, 3.05) is 19.8 Å². The molecule has 3 rings (SSSR count). The molecule has 0 aliphatic carbocycles. The van der Waals surface area contributed by atoms with Crippen LogP contribution in [0.5, 0.6) is 5.75 Å². The summed E-state index contributed by atoms with van der Waals surface area (Å²) >= 11 is 0. The van der Waals surface area contributed by atoms with E-state index in [0.717, 1.165) is 29.7 Å². The number of nitrogens with zero attached hydrogens (tertiary/aromatic N) is 1. The molecule has 1 aromatic carbocycles. The molecule has 150 valence electrons.